The number of aromatic nitrogens is 1. The fourth-order valence-electron chi connectivity index (χ4n) is 2.50. The van der Waals surface area contributed by atoms with Crippen LogP contribution < -0.4 is 14.8 Å². The van der Waals surface area contributed by atoms with E-state index in [0.29, 0.717) is 35.9 Å². The van der Waals surface area contributed by atoms with Crippen molar-refractivity contribution in [1.82, 2.24) is 4.98 Å². The number of ether oxygens (including phenoxy) is 2. The van der Waals surface area contributed by atoms with E-state index >= 15 is 0 Å². The molecule has 6 nitrogen and oxygen atoms in total. The van der Waals surface area contributed by atoms with Crippen LogP contribution in [0, 0.1) is 11.3 Å². The van der Waals surface area contributed by atoms with Crippen molar-refractivity contribution in [2.24, 2.45) is 0 Å². The molecule has 0 unspecified atom stereocenters. The molecule has 27 heavy (non-hydrogen) atoms. The van der Waals surface area contributed by atoms with Crippen LogP contribution in [0.5, 0.6) is 11.5 Å². The lowest BCUT2D eigenvalue weighted by Gasteiger charge is -2.06. The SMILES string of the molecule is COc1ccc2nc(NC(=O)CCCCOc3cccc(C#N)c3)sc2c1. The number of thiazole rings is 1. The van der Waals surface area contributed by atoms with Gasteiger partial charge >= 0.3 is 0 Å². The smallest absolute Gasteiger partial charge is 0.226 e. The summed E-state index contributed by atoms with van der Waals surface area (Å²) in [4.78, 5) is 16.5. The standard InChI is InChI=1S/C20H19N3O3S/c1-25-15-8-9-17-18(12-15)27-20(22-17)23-19(24)7-2-3-10-26-16-6-4-5-14(11-16)13-21/h4-6,8-9,11-12H,2-3,7,10H2,1H3,(H,22,23,24). The van der Waals surface area contributed by atoms with Gasteiger partial charge in [0.05, 0.1) is 35.6 Å². The first-order valence-corrected chi connectivity index (χ1v) is 9.37. The molecule has 1 heterocycles. The number of methoxy groups -OCH3 is 1. The molecule has 7 heteroatoms. The average molecular weight is 381 g/mol. The van der Waals surface area contributed by atoms with Crippen molar-refractivity contribution in [3.8, 4) is 17.6 Å². The maximum atomic E-state index is 12.1. The molecule has 138 valence electrons. The van der Waals surface area contributed by atoms with E-state index in [-0.39, 0.29) is 5.91 Å². The molecule has 0 bridgehead atoms. The van der Waals surface area contributed by atoms with Crippen LogP contribution >= 0.6 is 11.3 Å². The Balaban J connectivity index is 1.41. The lowest BCUT2D eigenvalue weighted by atomic mass is 10.2. The minimum atomic E-state index is -0.0625. The summed E-state index contributed by atoms with van der Waals surface area (Å²) in [6, 6.07) is 14.7. The molecule has 1 aromatic heterocycles. The molecule has 3 rings (SSSR count). The predicted octanol–water partition coefficient (Wildman–Crippen LogP) is 4.36. The minimum absolute atomic E-state index is 0.0625. The van der Waals surface area contributed by atoms with Gasteiger partial charge in [0.2, 0.25) is 5.91 Å². The maximum absolute atomic E-state index is 12.1. The number of amides is 1. The number of benzene rings is 2. The van der Waals surface area contributed by atoms with E-state index in [0.717, 1.165) is 22.4 Å². The highest BCUT2D eigenvalue weighted by Crippen LogP contribution is 2.29. The number of hydrogen-bond donors (Lipinski definition) is 1. The Hall–Kier alpha value is -3.11. The van der Waals surface area contributed by atoms with Gasteiger partial charge in [0.25, 0.3) is 0 Å². The monoisotopic (exact) mass is 381 g/mol. The highest BCUT2D eigenvalue weighted by molar-refractivity contribution is 7.22. The van der Waals surface area contributed by atoms with Crippen LogP contribution in [-0.4, -0.2) is 24.6 Å². The number of hydrogen-bond acceptors (Lipinski definition) is 6. The third-order valence-corrected chi connectivity index (χ3v) is 4.81. The summed E-state index contributed by atoms with van der Waals surface area (Å²) < 4.78 is 11.8. The summed E-state index contributed by atoms with van der Waals surface area (Å²) in [5.41, 5.74) is 1.41. The van der Waals surface area contributed by atoms with Gasteiger partial charge in [-0.3, -0.25) is 4.79 Å². The number of nitrogens with one attached hydrogen (secondary N) is 1. The first-order valence-electron chi connectivity index (χ1n) is 8.55. The van der Waals surface area contributed by atoms with Gasteiger partial charge in [-0.2, -0.15) is 5.26 Å². The van der Waals surface area contributed by atoms with Gasteiger partial charge in [0.1, 0.15) is 11.5 Å². The van der Waals surface area contributed by atoms with Gasteiger partial charge in [0.15, 0.2) is 5.13 Å². The van der Waals surface area contributed by atoms with Crippen LogP contribution in [0.4, 0.5) is 5.13 Å². The van der Waals surface area contributed by atoms with Crippen molar-refractivity contribution < 1.29 is 14.3 Å². The second-order valence-corrected chi connectivity index (χ2v) is 6.88. The number of carbonyl (C=O) groups is 1. The molecule has 0 aliphatic carbocycles. The lowest BCUT2D eigenvalue weighted by Crippen LogP contribution is -2.11. The Bertz CT molecular complexity index is 978. The van der Waals surface area contributed by atoms with Crippen molar-refractivity contribution in [2.45, 2.75) is 19.3 Å². The van der Waals surface area contributed by atoms with Crippen molar-refractivity contribution in [3.63, 3.8) is 0 Å². The zero-order valence-corrected chi connectivity index (χ0v) is 15.7. The molecule has 0 fully saturated rings. The second kappa shape index (κ2) is 9.01. The summed E-state index contributed by atoms with van der Waals surface area (Å²) >= 11 is 1.43. The average Bonchev–Trinajstić information content (AvgIpc) is 3.08. The number of anilines is 1. The van der Waals surface area contributed by atoms with E-state index in [9.17, 15) is 4.79 Å². The Morgan fingerprint density at radius 2 is 2.11 bits per heavy atom. The van der Waals surface area contributed by atoms with E-state index in [4.69, 9.17) is 14.7 Å². The summed E-state index contributed by atoms with van der Waals surface area (Å²) in [5.74, 6) is 1.38. The van der Waals surface area contributed by atoms with E-state index in [1.807, 2.05) is 24.3 Å². The van der Waals surface area contributed by atoms with Crippen LogP contribution in [0.2, 0.25) is 0 Å². The molecular formula is C20H19N3O3S. The highest BCUT2D eigenvalue weighted by Gasteiger charge is 2.08. The van der Waals surface area contributed by atoms with E-state index < -0.39 is 0 Å². The third-order valence-electron chi connectivity index (χ3n) is 3.87. The fourth-order valence-corrected chi connectivity index (χ4v) is 3.41. The van der Waals surface area contributed by atoms with Gasteiger partial charge in [-0.1, -0.05) is 17.4 Å². The first kappa shape index (κ1) is 18.7. The number of carbonyl (C=O) groups excluding carboxylic acids is 1. The van der Waals surface area contributed by atoms with Gasteiger partial charge in [-0.05, 0) is 49.2 Å². The van der Waals surface area contributed by atoms with Crippen LogP contribution in [0.1, 0.15) is 24.8 Å². The molecule has 1 N–H and O–H groups in total. The molecule has 1 amide bonds. The number of unbranched alkanes of at least 4 members (excludes halogenated alkanes) is 1. The molecule has 0 radical (unpaired) electrons. The van der Waals surface area contributed by atoms with Crippen molar-refractivity contribution >= 4 is 32.6 Å². The summed E-state index contributed by atoms with van der Waals surface area (Å²) in [6.07, 6.45) is 1.87. The molecule has 0 saturated carbocycles. The van der Waals surface area contributed by atoms with Crippen LogP contribution in [0.25, 0.3) is 10.2 Å². The van der Waals surface area contributed by atoms with Gasteiger partial charge in [-0.15, -0.1) is 0 Å². The Morgan fingerprint density at radius 1 is 1.22 bits per heavy atom. The number of nitrogens with zero attached hydrogens (tertiary/aromatic N) is 2. The first-order chi connectivity index (χ1) is 13.2. The molecule has 0 aliphatic heterocycles. The van der Waals surface area contributed by atoms with Crippen LogP contribution in [0.3, 0.4) is 0 Å². The Morgan fingerprint density at radius 3 is 2.93 bits per heavy atom. The number of nitriles is 1. The Kier molecular flexibility index (Phi) is 6.23. The summed E-state index contributed by atoms with van der Waals surface area (Å²) in [5, 5.41) is 12.3. The number of fused-ring (bicyclic) bond motifs is 1. The molecular weight excluding hydrogens is 362 g/mol. The van der Waals surface area contributed by atoms with Gasteiger partial charge in [-0.25, -0.2) is 4.98 Å². The van der Waals surface area contributed by atoms with Crippen molar-refractivity contribution in [2.75, 3.05) is 19.0 Å². The van der Waals surface area contributed by atoms with Gasteiger partial charge < -0.3 is 14.8 Å². The molecule has 0 aliphatic rings. The molecule has 0 spiro atoms. The van der Waals surface area contributed by atoms with E-state index in [1.165, 1.54) is 11.3 Å². The number of rotatable bonds is 8. The fraction of sp³-hybridized carbons (Fsp3) is 0.250. The zero-order valence-electron chi connectivity index (χ0n) is 14.9. The summed E-state index contributed by atoms with van der Waals surface area (Å²) in [7, 11) is 1.62. The normalized spacial score (nSPS) is 10.4. The summed E-state index contributed by atoms with van der Waals surface area (Å²) in [6.45, 7) is 0.503. The van der Waals surface area contributed by atoms with Gasteiger partial charge in [0, 0.05) is 6.42 Å². The van der Waals surface area contributed by atoms with Crippen LogP contribution in [0.15, 0.2) is 42.5 Å². The quantitative estimate of drug-likeness (QED) is 0.586. The molecule has 2 aromatic carbocycles. The third kappa shape index (κ3) is 5.19. The molecule has 0 saturated heterocycles. The van der Waals surface area contributed by atoms with E-state index in [1.54, 1.807) is 25.3 Å². The second-order valence-electron chi connectivity index (χ2n) is 5.85. The highest BCUT2D eigenvalue weighted by atomic mass is 32.1. The van der Waals surface area contributed by atoms with E-state index in [2.05, 4.69) is 16.4 Å². The molecule has 0 atom stereocenters. The lowest BCUT2D eigenvalue weighted by molar-refractivity contribution is -0.116. The minimum Gasteiger partial charge on any atom is -0.497 e. The van der Waals surface area contributed by atoms with Crippen molar-refractivity contribution in [1.29, 1.82) is 5.26 Å². The maximum Gasteiger partial charge on any atom is 0.226 e. The van der Waals surface area contributed by atoms with Crippen molar-refractivity contribution in [3.05, 3.63) is 48.0 Å². The zero-order chi connectivity index (χ0) is 19.1. The molecule has 3 aromatic rings. The largest absolute Gasteiger partial charge is 0.497 e. The van der Waals surface area contributed by atoms with Crippen LogP contribution in [-0.2, 0) is 4.79 Å². The Labute approximate surface area is 161 Å². The predicted molar refractivity (Wildman–Crippen MR) is 105 cm³/mol. The topological polar surface area (TPSA) is 84.2 Å².